The highest BCUT2D eigenvalue weighted by Crippen LogP contribution is 2.23. The van der Waals surface area contributed by atoms with Gasteiger partial charge in [0, 0.05) is 24.2 Å². The zero-order valence-corrected chi connectivity index (χ0v) is 13.5. The lowest BCUT2D eigenvalue weighted by Gasteiger charge is -2.17. The molecule has 0 amide bonds. The van der Waals surface area contributed by atoms with E-state index in [1.54, 1.807) is 18.4 Å². The highest BCUT2D eigenvalue weighted by atomic mass is 32.1. The Morgan fingerprint density at radius 2 is 2.20 bits per heavy atom. The number of hydrogen-bond acceptors (Lipinski definition) is 4. The lowest BCUT2D eigenvalue weighted by Crippen LogP contribution is -2.29. The molecule has 0 bridgehead atoms. The normalized spacial score (nSPS) is 12.9. The predicted molar refractivity (Wildman–Crippen MR) is 84.7 cm³/mol. The third-order valence-corrected chi connectivity index (χ3v) is 4.38. The van der Waals surface area contributed by atoms with E-state index in [1.165, 1.54) is 32.1 Å². The molecule has 1 atom stereocenters. The van der Waals surface area contributed by atoms with Gasteiger partial charge in [-0.1, -0.05) is 33.1 Å². The third-order valence-electron chi connectivity index (χ3n) is 3.62. The molecule has 2 aromatic heterocycles. The Hall–Kier alpha value is -1.07. The molecule has 1 N–H and O–H groups in total. The number of hydrogen-bond donors (Lipinski definition) is 1. The maximum absolute atomic E-state index is 5.40. The molecule has 112 valence electrons. The van der Waals surface area contributed by atoms with Gasteiger partial charge in [-0.25, -0.2) is 0 Å². The van der Waals surface area contributed by atoms with Crippen molar-refractivity contribution in [2.24, 2.45) is 0 Å². The zero-order chi connectivity index (χ0) is 14.4. The summed E-state index contributed by atoms with van der Waals surface area (Å²) in [5, 5.41) is 5.74. The first-order valence-electron chi connectivity index (χ1n) is 7.51. The van der Waals surface area contributed by atoms with Gasteiger partial charge in [0.25, 0.3) is 0 Å². The van der Waals surface area contributed by atoms with Crippen molar-refractivity contribution in [2.45, 2.75) is 58.5 Å². The molecule has 0 saturated heterocycles. The second-order valence-corrected chi connectivity index (χ2v) is 6.01. The van der Waals surface area contributed by atoms with Gasteiger partial charge in [0.15, 0.2) is 4.96 Å². The van der Waals surface area contributed by atoms with Gasteiger partial charge in [-0.3, -0.25) is 4.40 Å². The fourth-order valence-corrected chi connectivity index (χ4v) is 3.25. The molecule has 5 heteroatoms. The van der Waals surface area contributed by atoms with Crippen LogP contribution in [0.1, 0.15) is 51.6 Å². The van der Waals surface area contributed by atoms with Crippen LogP contribution in [-0.4, -0.2) is 22.5 Å². The van der Waals surface area contributed by atoms with Gasteiger partial charge in [0.1, 0.15) is 5.69 Å². The van der Waals surface area contributed by atoms with Gasteiger partial charge in [-0.05, 0) is 12.8 Å². The van der Waals surface area contributed by atoms with Gasteiger partial charge in [-0.2, -0.15) is 4.98 Å². The van der Waals surface area contributed by atoms with Crippen molar-refractivity contribution in [3.05, 3.63) is 17.3 Å². The van der Waals surface area contributed by atoms with Gasteiger partial charge in [0.05, 0.1) is 7.11 Å². The number of nitrogens with zero attached hydrogens (tertiary/aromatic N) is 2. The van der Waals surface area contributed by atoms with E-state index in [1.807, 2.05) is 0 Å². The summed E-state index contributed by atoms with van der Waals surface area (Å²) in [6.45, 7) is 5.31. The number of nitrogens with one attached hydrogen (secondary N) is 1. The molecule has 1 unspecified atom stereocenters. The summed E-state index contributed by atoms with van der Waals surface area (Å²) in [5.41, 5.74) is 1.13. The summed E-state index contributed by atoms with van der Waals surface area (Å²) in [4.78, 5) is 5.50. The predicted octanol–water partition coefficient (Wildman–Crippen LogP) is 3.85. The van der Waals surface area contributed by atoms with E-state index in [9.17, 15) is 0 Å². The van der Waals surface area contributed by atoms with Gasteiger partial charge in [0.2, 0.25) is 5.88 Å². The third kappa shape index (κ3) is 3.52. The van der Waals surface area contributed by atoms with E-state index in [-0.39, 0.29) is 0 Å². The summed E-state index contributed by atoms with van der Waals surface area (Å²) in [5.74, 6) is 0.745. The first-order valence-corrected chi connectivity index (χ1v) is 8.39. The number of unbranched alkanes of at least 4 members (excludes halogenated alkanes) is 1. The number of thiazole rings is 1. The van der Waals surface area contributed by atoms with Crippen molar-refractivity contribution in [3.8, 4) is 5.88 Å². The number of aromatic nitrogens is 2. The minimum absolute atomic E-state index is 0.592. The van der Waals surface area contributed by atoms with Crippen LogP contribution in [0.3, 0.4) is 0 Å². The van der Waals surface area contributed by atoms with Crippen LogP contribution in [0, 0.1) is 0 Å². The van der Waals surface area contributed by atoms with E-state index < -0.39 is 0 Å². The number of fused-ring (bicyclic) bond motifs is 1. The number of ether oxygens (including phenoxy) is 1. The van der Waals surface area contributed by atoms with Crippen molar-refractivity contribution in [3.63, 3.8) is 0 Å². The fourth-order valence-electron chi connectivity index (χ4n) is 2.53. The smallest absolute Gasteiger partial charge is 0.237 e. The summed E-state index contributed by atoms with van der Waals surface area (Å²) in [6, 6.07) is 0.592. The molecule has 0 fully saturated rings. The number of imidazole rings is 1. The van der Waals surface area contributed by atoms with Crippen molar-refractivity contribution in [2.75, 3.05) is 7.11 Å². The van der Waals surface area contributed by atoms with Crippen LogP contribution in [-0.2, 0) is 6.54 Å². The number of methoxy groups -OCH3 is 1. The van der Waals surface area contributed by atoms with Gasteiger partial charge >= 0.3 is 0 Å². The van der Waals surface area contributed by atoms with Crippen LogP contribution in [0.4, 0.5) is 0 Å². The fraction of sp³-hybridized carbons (Fsp3) is 0.667. The molecule has 0 saturated carbocycles. The standard InChI is InChI=1S/C15H25N3OS/c1-4-6-8-12(7-5-2)16-11-13-14(19-3)17-15-18(13)9-10-20-15/h9-10,12,16H,4-8,11H2,1-3H3. The minimum atomic E-state index is 0.592. The lowest BCUT2D eigenvalue weighted by atomic mass is 10.1. The van der Waals surface area contributed by atoms with E-state index in [4.69, 9.17) is 4.74 Å². The molecule has 0 radical (unpaired) electrons. The summed E-state index contributed by atoms with van der Waals surface area (Å²) < 4.78 is 7.52. The SMILES string of the molecule is CCCCC(CCC)NCc1c(OC)nc2sccn12. The van der Waals surface area contributed by atoms with Gasteiger partial charge < -0.3 is 10.1 Å². The van der Waals surface area contributed by atoms with Crippen LogP contribution < -0.4 is 10.1 Å². The zero-order valence-electron chi connectivity index (χ0n) is 12.7. The maximum atomic E-state index is 5.40. The van der Waals surface area contributed by atoms with Crippen LogP contribution >= 0.6 is 11.3 Å². The average molecular weight is 295 g/mol. The first kappa shape index (κ1) is 15.3. The highest BCUT2D eigenvalue weighted by molar-refractivity contribution is 7.15. The largest absolute Gasteiger partial charge is 0.480 e. The van der Waals surface area contributed by atoms with E-state index in [2.05, 4.69) is 40.1 Å². The Morgan fingerprint density at radius 3 is 2.90 bits per heavy atom. The van der Waals surface area contributed by atoms with Crippen molar-refractivity contribution in [1.82, 2.24) is 14.7 Å². The molecular formula is C15H25N3OS. The number of rotatable bonds is 9. The van der Waals surface area contributed by atoms with Crippen LogP contribution in [0.2, 0.25) is 0 Å². The molecule has 2 rings (SSSR count). The summed E-state index contributed by atoms with van der Waals surface area (Å²) in [6.07, 6.45) is 8.31. The monoisotopic (exact) mass is 295 g/mol. The molecule has 0 aliphatic carbocycles. The van der Waals surface area contributed by atoms with Crippen LogP contribution in [0.5, 0.6) is 5.88 Å². The molecular weight excluding hydrogens is 270 g/mol. The van der Waals surface area contributed by atoms with E-state index in [0.717, 1.165) is 23.1 Å². The van der Waals surface area contributed by atoms with E-state index in [0.29, 0.717) is 6.04 Å². The van der Waals surface area contributed by atoms with Gasteiger partial charge in [-0.15, -0.1) is 11.3 Å². The maximum Gasteiger partial charge on any atom is 0.237 e. The second-order valence-electron chi connectivity index (χ2n) is 5.13. The second kappa shape index (κ2) is 7.64. The van der Waals surface area contributed by atoms with Crippen LogP contribution in [0.15, 0.2) is 11.6 Å². The Morgan fingerprint density at radius 1 is 1.35 bits per heavy atom. The summed E-state index contributed by atoms with van der Waals surface area (Å²) in [7, 11) is 1.69. The molecule has 20 heavy (non-hydrogen) atoms. The first-order chi connectivity index (χ1) is 9.80. The molecule has 0 aliphatic rings. The summed E-state index contributed by atoms with van der Waals surface area (Å²) >= 11 is 1.64. The van der Waals surface area contributed by atoms with Crippen molar-refractivity contribution in [1.29, 1.82) is 0 Å². The van der Waals surface area contributed by atoms with Crippen molar-refractivity contribution >= 4 is 16.3 Å². The molecule has 0 aliphatic heterocycles. The minimum Gasteiger partial charge on any atom is -0.480 e. The highest BCUT2D eigenvalue weighted by Gasteiger charge is 2.15. The quantitative estimate of drug-likeness (QED) is 0.763. The molecule has 2 heterocycles. The van der Waals surface area contributed by atoms with E-state index >= 15 is 0 Å². The topological polar surface area (TPSA) is 38.6 Å². The Kier molecular flexibility index (Phi) is 5.86. The Balaban J connectivity index is 2.04. The van der Waals surface area contributed by atoms with Crippen molar-refractivity contribution < 1.29 is 4.74 Å². The Labute approximate surface area is 125 Å². The molecule has 0 spiro atoms. The lowest BCUT2D eigenvalue weighted by molar-refractivity contribution is 0.384. The van der Waals surface area contributed by atoms with Crippen LogP contribution in [0.25, 0.3) is 4.96 Å². The molecule has 4 nitrogen and oxygen atoms in total. The molecule has 0 aromatic carbocycles. The molecule has 2 aromatic rings. The average Bonchev–Trinajstić information content (AvgIpc) is 3.02. The Bertz CT molecular complexity index is 520.